The molecule has 22 heavy (non-hydrogen) atoms. The molecule has 0 saturated heterocycles. The first-order chi connectivity index (χ1) is 8.22. The molecule has 110 valence electrons. The monoisotopic (exact) mass is 366 g/mol. The third-order valence-electron chi connectivity index (χ3n) is 1.31. The molecule has 0 heterocycles. The van der Waals surface area contributed by atoms with Crippen LogP contribution in [0.1, 0.15) is 0 Å². The zero-order chi connectivity index (χ0) is 14.3. The molecule has 0 saturated carbocycles. The fraction of sp³-hybridized carbons (Fsp3) is 1.00. The van der Waals surface area contributed by atoms with E-state index in [2.05, 4.69) is 0 Å². The summed E-state index contributed by atoms with van der Waals surface area (Å²) in [7, 11) is 0. The molecule has 0 aliphatic carbocycles. The van der Waals surface area contributed by atoms with E-state index in [4.69, 9.17) is 0 Å². The van der Waals surface area contributed by atoms with Crippen LogP contribution in [-0.4, -0.2) is 151 Å². The van der Waals surface area contributed by atoms with Crippen LogP contribution in [0.4, 0.5) is 0 Å². The third-order valence-corrected chi connectivity index (χ3v) is 1.31. The van der Waals surface area contributed by atoms with Crippen molar-refractivity contribution in [2.75, 3.05) is 0 Å². The number of hydrogen-bond acceptors (Lipinski definition) is 8. The summed E-state index contributed by atoms with van der Waals surface area (Å²) in [6, 6.07) is 0. The number of nitro groups is 4. The molecule has 0 aliphatic rings. The predicted molar refractivity (Wildman–Crippen MR) is 76.7 cm³/mol. The van der Waals surface area contributed by atoms with Gasteiger partial charge in [0.25, 0.3) is 12.3 Å². The van der Waals surface area contributed by atoms with E-state index >= 15 is 0 Å². The second kappa shape index (κ2) is 18.1. The van der Waals surface area contributed by atoms with Gasteiger partial charge < -0.3 is 0 Å². The van der Waals surface area contributed by atoms with Crippen LogP contribution in [0.2, 0.25) is 0 Å². The summed E-state index contributed by atoms with van der Waals surface area (Å²) in [4.78, 5) is 40.4. The molecule has 16 nitrogen and oxygen atoms in total. The molecule has 4 N–H and O–H groups in total. The maximum absolute atomic E-state index is 10.1. The van der Waals surface area contributed by atoms with E-state index in [1.54, 1.807) is 0 Å². The van der Waals surface area contributed by atoms with Crippen LogP contribution in [0.3, 0.4) is 0 Å². The Labute approximate surface area is 209 Å². The summed E-state index contributed by atoms with van der Waals surface area (Å²) >= 11 is 0. The Balaban J connectivity index is -0.000000241. The van der Waals surface area contributed by atoms with Crippen molar-refractivity contribution < 1.29 is 20.1 Å². The molecule has 0 fully saturated rings. The van der Waals surface area contributed by atoms with Crippen molar-refractivity contribution in [1.29, 1.82) is 0 Å². The molecule has 0 radical (unpaired) electrons. The molecule has 0 amide bonds. The van der Waals surface area contributed by atoms with Gasteiger partial charge in [0.05, 0.1) is 0 Å². The van der Waals surface area contributed by atoms with E-state index in [0.29, 0.717) is 0 Å². The molecule has 0 bridgehead atoms. The molecule has 0 rings (SSSR count). The Morgan fingerprint density at radius 3 is 0.727 bits per heavy atom. The molecular weight excluding hydrogens is 356 g/mol. The zero-order valence-electron chi connectivity index (χ0n) is 8.21. The summed E-state index contributed by atoms with van der Waals surface area (Å²) in [6.07, 6.45) is -4.13. The summed E-state index contributed by atoms with van der Waals surface area (Å²) in [6.45, 7) is 0. The van der Waals surface area contributed by atoms with Crippen molar-refractivity contribution in [2.45, 2.75) is 12.3 Å². The Morgan fingerprint density at radius 2 is 0.636 bits per heavy atom. The molecule has 0 aromatic heterocycles. The van der Waals surface area contributed by atoms with Gasteiger partial charge in [-0.2, -0.15) is 0 Å². The molecule has 0 aliphatic heterocycles. The van der Waals surface area contributed by atoms with E-state index in [9.17, 15) is 40.5 Å². The maximum atomic E-state index is 10.1. The van der Waals surface area contributed by atoms with Crippen molar-refractivity contribution >= 4 is 118 Å². The van der Waals surface area contributed by atoms with E-state index in [0.717, 1.165) is 0 Å². The first-order valence-corrected chi connectivity index (χ1v) is 3.84. The Morgan fingerprint density at radius 1 is 0.500 bits per heavy atom. The fourth-order valence-electron chi connectivity index (χ4n) is 0.810. The van der Waals surface area contributed by atoms with Gasteiger partial charge in [0.15, 0.2) is 20.1 Å². The normalized spacial score (nSPS) is 7.91. The first-order valence-electron chi connectivity index (χ1n) is 3.84. The summed E-state index contributed by atoms with van der Waals surface area (Å²) in [5.41, 5.74) is 5.03. The summed E-state index contributed by atoms with van der Waals surface area (Å²) in [5.74, 6) is 0. The number of hydrogen-bond donors (Lipinski definition) is 4. The minimum atomic E-state index is -2.06. The van der Waals surface area contributed by atoms with Gasteiger partial charge in [0.1, 0.15) is 0 Å². The van der Waals surface area contributed by atoms with Gasteiger partial charge >= 0.3 is 118 Å². The fourth-order valence-corrected chi connectivity index (χ4v) is 0.810. The van der Waals surface area contributed by atoms with Crippen LogP contribution in [0.5, 0.6) is 0 Å². The van der Waals surface area contributed by atoms with E-state index in [1.807, 2.05) is 0 Å². The number of nitrogens with one attached hydrogen (secondary N) is 4. The van der Waals surface area contributed by atoms with Crippen molar-refractivity contribution in [3.8, 4) is 0 Å². The minimum absolute atomic E-state index is 0. The van der Waals surface area contributed by atoms with Crippen LogP contribution >= 0.6 is 0 Å². The van der Waals surface area contributed by atoms with Crippen molar-refractivity contribution in [3.05, 3.63) is 40.5 Å². The average Bonchev–Trinajstić information content (AvgIpc) is 2.12. The third kappa shape index (κ3) is 18.8. The summed E-state index contributed by atoms with van der Waals surface area (Å²) in [5, 5.41) is 35.3. The standard InChI is InChI=1S/C2H6N8O8.4Na.4H/c11-7(12)3-1(4-8(13)14)2(5-9(15)16)6-10(17)18;;;;;;;;/h1-6H;;;;;;;;. The molecule has 0 spiro atoms. The number of hydrazine groups is 4. The SMILES string of the molecule is O=[N+]([O-])NC(N[N+](=O)[O-])C(N[N+](=O)[O-])N[N+](=O)[O-].[NaH].[NaH].[NaH].[NaH]. The van der Waals surface area contributed by atoms with Gasteiger partial charge in [-0.3, -0.25) is 0 Å². The molecule has 0 atom stereocenters. The Kier molecular flexibility index (Phi) is 28.2. The van der Waals surface area contributed by atoms with Crippen molar-refractivity contribution in [1.82, 2.24) is 21.7 Å². The second-order valence-electron chi connectivity index (χ2n) is 2.50. The van der Waals surface area contributed by atoms with Crippen molar-refractivity contribution in [3.63, 3.8) is 0 Å². The molecule has 20 heteroatoms. The predicted octanol–water partition coefficient (Wildman–Crippen LogP) is -5.83. The van der Waals surface area contributed by atoms with Gasteiger partial charge in [-0.15, -0.1) is 21.7 Å². The average molecular weight is 366 g/mol. The first kappa shape index (κ1) is 34.2. The zero-order valence-corrected chi connectivity index (χ0v) is 8.21. The number of nitrogens with zero attached hydrogens (tertiary/aromatic N) is 4. The molecule has 0 aromatic rings. The van der Waals surface area contributed by atoms with Crippen molar-refractivity contribution in [2.24, 2.45) is 0 Å². The molecule has 0 unspecified atom stereocenters. The molecule has 0 aromatic carbocycles. The van der Waals surface area contributed by atoms with Crippen LogP contribution < -0.4 is 21.7 Å². The topological polar surface area (TPSA) is 221 Å². The van der Waals surface area contributed by atoms with Gasteiger partial charge in [0.2, 0.25) is 0 Å². The summed E-state index contributed by atoms with van der Waals surface area (Å²) < 4.78 is 0. The van der Waals surface area contributed by atoms with E-state index < -0.39 is 32.5 Å². The van der Waals surface area contributed by atoms with Gasteiger partial charge in [0, 0.05) is 0 Å². The van der Waals surface area contributed by atoms with E-state index in [-0.39, 0.29) is 118 Å². The van der Waals surface area contributed by atoms with Crippen LogP contribution in [0.15, 0.2) is 0 Å². The number of rotatable bonds is 9. The molecular formula is C2H10N8Na4O8. The van der Waals surface area contributed by atoms with Crippen LogP contribution in [0, 0.1) is 40.5 Å². The van der Waals surface area contributed by atoms with Crippen LogP contribution in [0.25, 0.3) is 0 Å². The Hall–Kier alpha value is 0.800. The van der Waals surface area contributed by atoms with Gasteiger partial charge in [-0.1, -0.05) is 0 Å². The van der Waals surface area contributed by atoms with Gasteiger partial charge in [-0.05, 0) is 0 Å². The second-order valence-corrected chi connectivity index (χ2v) is 2.50. The van der Waals surface area contributed by atoms with E-state index in [1.165, 1.54) is 21.7 Å². The quantitative estimate of drug-likeness (QED) is 0.130. The van der Waals surface area contributed by atoms with Gasteiger partial charge in [-0.25, -0.2) is 40.5 Å². The van der Waals surface area contributed by atoms with Crippen LogP contribution in [-0.2, 0) is 0 Å². The Bertz CT molecular complexity index is 304.